The number of rotatable bonds is 5. The number of nitriles is 1. The van der Waals surface area contributed by atoms with E-state index in [0.29, 0.717) is 0 Å². The van der Waals surface area contributed by atoms with Crippen LogP contribution in [-0.4, -0.2) is 26.8 Å². The fourth-order valence-electron chi connectivity index (χ4n) is 1.47. The summed E-state index contributed by atoms with van der Waals surface area (Å²) in [7, 11) is 2.47. The first kappa shape index (κ1) is 14.7. The minimum Gasteiger partial charge on any atom is -0.495 e. The van der Waals surface area contributed by atoms with E-state index >= 15 is 0 Å². The van der Waals surface area contributed by atoms with Gasteiger partial charge in [-0.2, -0.15) is 14.0 Å². The van der Waals surface area contributed by atoms with Crippen LogP contribution in [0.3, 0.4) is 0 Å². The van der Waals surface area contributed by atoms with Crippen LogP contribution in [0.4, 0.5) is 8.78 Å². The Bertz CT molecular complexity index is 511. The Morgan fingerprint density at radius 2 is 2.11 bits per heavy atom. The predicted molar refractivity (Wildman–Crippen MR) is 60.1 cm³/mol. The molecule has 0 unspecified atom stereocenters. The number of ether oxygens (including phenoxy) is 3. The Morgan fingerprint density at radius 3 is 2.58 bits per heavy atom. The van der Waals surface area contributed by atoms with E-state index in [1.165, 1.54) is 20.3 Å². The van der Waals surface area contributed by atoms with Crippen molar-refractivity contribution in [3.63, 3.8) is 0 Å². The third kappa shape index (κ3) is 3.81. The molecule has 0 amide bonds. The van der Waals surface area contributed by atoms with Crippen LogP contribution < -0.4 is 9.47 Å². The van der Waals surface area contributed by atoms with E-state index < -0.39 is 12.6 Å². The van der Waals surface area contributed by atoms with Gasteiger partial charge in [0.15, 0.2) is 0 Å². The Morgan fingerprint density at radius 1 is 1.42 bits per heavy atom. The number of nitrogens with zero attached hydrogens (tertiary/aromatic N) is 1. The molecule has 0 N–H and O–H groups in total. The molecular formula is C12H11F2NO4. The van der Waals surface area contributed by atoms with Gasteiger partial charge in [0.05, 0.1) is 26.2 Å². The maximum absolute atomic E-state index is 12.2. The lowest BCUT2D eigenvalue weighted by atomic mass is 10.0. The second-order valence-electron chi connectivity index (χ2n) is 3.40. The van der Waals surface area contributed by atoms with Gasteiger partial charge in [-0.1, -0.05) is 0 Å². The number of methoxy groups -OCH3 is 2. The highest BCUT2D eigenvalue weighted by atomic mass is 19.3. The van der Waals surface area contributed by atoms with Gasteiger partial charge in [-0.25, -0.2) is 0 Å². The third-order valence-corrected chi connectivity index (χ3v) is 2.28. The van der Waals surface area contributed by atoms with Crippen LogP contribution >= 0.6 is 0 Å². The average Bonchev–Trinajstić information content (AvgIpc) is 2.37. The van der Waals surface area contributed by atoms with Crippen LogP contribution in [0.5, 0.6) is 11.5 Å². The summed E-state index contributed by atoms with van der Waals surface area (Å²) in [6, 6.07) is 4.19. The maximum atomic E-state index is 12.2. The van der Waals surface area contributed by atoms with E-state index in [-0.39, 0.29) is 29.0 Å². The van der Waals surface area contributed by atoms with Gasteiger partial charge in [-0.05, 0) is 11.6 Å². The Labute approximate surface area is 108 Å². The summed E-state index contributed by atoms with van der Waals surface area (Å²) in [6.45, 7) is -3.01. The van der Waals surface area contributed by atoms with Crippen LogP contribution in [0.1, 0.15) is 11.1 Å². The highest BCUT2D eigenvalue weighted by Gasteiger charge is 2.17. The molecule has 1 aromatic rings. The van der Waals surface area contributed by atoms with Gasteiger partial charge in [0, 0.05) is 6.07 Å². The van der Waals surface area contributed by atoms with Crippen LogP contribution in [0.25, 0.3) is 0 Å². The lowest BCUT2D eigenvalue weighted by Crippen LogP contribution is -2.09. The molecule has 102 valence electrons. The lowest BCUT2D eigenvalue weighted by Gasteiger charge is -2.12. The van der Waals surface area contributed by atoms with Crippen molar-refractivity contribution in [1.82, 2.24) is 0 Å². The number of hydrogen-bond donors (Lipinski definition) is 0. The van der Waals surface area contributed by atoms with E-state index in [1.807, 2.05) is 6.07 Å². The molecule has 0 spiro atoms. The number of halogens is 2. The molecule has 1 rings (SSSR count). The minimum absolute atomic E-state index is 0.0551. The maximum Gasteiger partial charge on any atom is 0.387 e. The van der Waals surface area contributed by atoms with E-state index in [4.69, 9.17) is 10.00 Å². The zero-order chi connectivity index (χ0) is 14.4. The molecular weight excluding hydrogens is 260 g/mol. The zero-order valence-electron chi connectivity index (χ0n) is 10.3. The molecule has 0 heterocycles. The van der Waals surface area contributed by atoms with Gasteiger partial charge >= 0.3 is 12.6 Å². The smallest absolute Gasteiger partial charge is 0.387 e. The molecule has 0 fully saturated rings. The predicted octanol–water partition coefficient (Wildman–Crippen LogP) is 1.88. The first-order chi connectivity index (χ1) is 9.01. The van der Waals surface area contributed by atoms with Crippen molar-refractivity contribution in [3.8, 4) is 17.6 Å². The summed E-state index contributed by atoms with van der Waals surface area (Å²) >= 11 is 0. The molecule has 19 heavy (non-hydrogen) atoms. The summed E-state index contributed by atoms with van der Waals surface area (Å²) in [5.41, 5.74) is 0.277. The zero-order valence-corrected chi connectivity index (χ0v) is 10.3. The molecule has 0 saturated heterocycles. The van der Waals surface area contributed by atoms with Crippen molar-refractivity contribution in [3.05, 3.63) is 23.3 Å². The molecule has 0 aliphatic carbocycles. The first-order valence-corrected chi connectivity index (χ1v) is 5.14. The number of carbonyl (C=O) groups is 1. The summed E-state index contributed by atoms with van der Waals surface area (Å²) in [4.78, 5) is 11.2. The standard InChI is InChI=1S/C12H11F2NO4/c1-17-10-5-8(19-12(13)14)3-7(9(10)6-15)4-11(16)18-2/h3,5,12H,4H2,1-2H3. The quantitative estimate of drug-likeness (QED) is 0.765. The number of alkyl halides is 2. The highest BCUT2D eigenvalue weighted by Crippen LogP contribution is 2.29. The molecule has 7 heteroatoms. The second kappa shape index (κ2) is 6.54. The number of esters is 1. The molecule has 0 bridgehead atoms. The Kier molecular flexibility index (Phi) is 5.06. The molecule has 0 radical (unpaired) electrons. The minimum atomic E-state index is -3.01. The Hall–Kier alpha value is -2.36. The highest BCUT2D eigenvalue weighted by molar-refractivity contribution is 5.74. The number of hydrogen-bond acceptors (Lipinski definition) is 5. The third-order valence-electron chi connectivity index (χ3n) is 2.28. The molecule has 0 aliphatic rings. The van der Waals surface area contributed by atoms with Gasteiger partial charge in [0.1, 0.15) is 17.6 Å². The van der Waals surface area contributed by atoms with Crippen LogP contribution in [0.15, 0.2) is 12.1 Å². The topological polar surface area (TPSA) is 68.6 Å². The molecule has 0 atom stereocenters. The van der Waals surface area contributed by atoms with Crippen molar-refractivity contribution in [2.75, 3.05) is 14.2 Å². The SMILES string of the molecule is COC(=O)Cc1cc(OC(F)F)cc(OC)c1C#N. The first-order valence-electron chi connectivity index (χ1n) is 5.14. The van der Waals surface area contributed by atoms with Gasteiger partial charge in [-0.15, -0.1) is 0 Å². The normalized spacial score (nSPS) is 9.89. The molecule has 1 aromatic carbocycles. The van der Waals surface area contributed by atoms with Gasteiger partial charge in [-0.3, -0.25) is 4.79 Å². The number of carbonyl (C=O) groups excluding carboxylic acids is 1. The monoisotopic (exact) mass is 271 g/mol. The summed E-state index contributed by atoms with van der Waals surface area (Å²) in [6.07, 6.45) is -0.240. The van der Waals surface area contributed by atoms with Gasteiger partial charge < -0.3 is 14.2 Å². The van der Waals surface area contributed by atoms with E-state index in [9.17, 15) is 13.6 Å². The van der Waals surface area contributed by atoms with E-state index in [1.54, 1.807) is 0 Å². The average molecular weight is 271 g/mol. The van der Waals surface area contributed by atoms with Crippen LogP contribution in [0, 0.1) is 11.3 Å². The lowest BCUT2D eigenvalue weighted by molar-refractivity contribution is -0.139. The molecule has 5 nitrogen and oxygen atoms in total. The van der Waals surface area contributed by atoms with Crippen LogP contribution in [0.2, 0.25) is 0 Å². The molecule has 0 saturated carbocycles. The fraction of sp³-hybridized carbons (Fsp3) is 0.333. The van der Waals surface area contributed by atoms with Crippen molar-refractivity contribution in [2.45, 2.75) is 13.0 Å². The van der Waals surface area contributed by atoms with Crippen molar-refractivity contribution >= 4 is 5.97 Å². The Balaban J connectivity index is 3.24. The summed E-state index contributed by atoms with van der Waals surface area (Å²) < 4.78 is 38.0. The summed E-state index contributed by atoms with van der Waals surface area (Å²) in [5.74, 6) is -0.739. The number of benzene rings is 1. The summed E-state index contributed by atoms with van der Waals surface area (Å²) in [5, 5.41) is 9.02. The van der Waals surface area contributed by atoms with Crippen molar-refractivity contribution in [1.29, 1.82) is 5.26 Å². The van der Waals surface area contributed by atoms with E-state index in [0.717, 1.165) is 6.07 Å². The van der Waals surface area contributed by atoms with Gasteiger partial charge in [0.25, 0.3) is 0 Å². The molecule has 0 aromatic heterocycles. The van der Waals surface area contributed by atoms with E-state index in [2.05, 4.69) is 9.47 Å². The fourth-order valence-corrected chi connectivity index (χ4v) is 1.47. The largest absolute Gasteiger partial charge is 0.495 e. The van der Waals surface area contributed by atoms with Crippen LogP contribution in [-0.2, 0) is 16.0 Å². The molecule has 0 aliphatic heterocycles. The second-order valence-corrected chi connectivity index (χ2v) is 3.40. The van der Waals surface area contributed by atoms with Crippen molar-refractivity contribution < 1.29 is 27.8 Å². The van der Waals surface area contributed by atoms with Gasteiger partial charge in [0.2, 0.25) is 0 Å². The van der Waals surface area contributed by atoms with Crippen molar-refractivity contribution in [2.24, 2.45) is 0 Å².